The van der Waals surface area contributed by atoms with Gasteiger partial charge in [0.2, 0.25) is 0 Å². The van der Waals surface area contributed by atoms with Gasteiger partial charge in [-0.3, -0.25) is 14.4 Å². The van der Waals surface area contributed by atoms with E-state index in [9.17, 15) is 14.4 Å². The molecule has 4 aromatic heterocycles. The van der Waals surface area contributed by atoms with Crippen molar-refractivity contribution >= 4 is 57.9 Å². The van der Waals surface area contributed by atoms with Gasteiger partial charge in [0.15, 0.2) is 11.3 Å². The molecule has 10 aromatic rings. The highest BCUT2D eigenvalue weighted by Crippen LogP contribution is 2.37. The van der Waals surface area contributed by atoms with Crippen LogP contribution in [-0.4, -0.2) is 91.7 Å². The van der Waals surface area contributed by atoms with Crippen LogP contribution >= 0.6 is 0 Å². The van der Waals surface area contributed by atoms with E-state index >= 15 is 0 Å². The van der Waals surface area contributed by atoms with Crippen molar-refractivity contribution in [2.24, 2.45) is 0 Å². The molecular formula is C60H50N12O5. The number of para-hydroxylation sites is 2. The smallest absolute Gasteiger partial charge is 0.302 e. The van der Waals surface area contributed by atoms with Gasteiger partial charge >= 0.3 is 5.91 Å². The third-order valence-corrected chi connectivity index (χ3v) is 11.7. The maximum atomic E-state index is 12.3. The first-order valence-corrected chi connectivity index (χ1v) is 23.8. The molecule has 17 nitrogen and oxygen atoms in total. The average molecular weight is 1020 g/mol. The zero-order valence-electron chi connectivity index (χ0n) is 42.4. The number of anilines is 2. The van der Waals surface area contributed by atoms with E-state index in [1.807, 2.05) is 173 Å². The summed E-state index contributed by atoms with van der Waals surface area (Å²) in [6, 6.07) is 49.6. The molecule has 10 rings (SSSR count). The predicted molar refractivity (Wildman–Crippen MR) is 299 cm³/mol. The van der Waals surface area contributed by atoms with Crippen LogP contribution in [0, 0.1) is 13.1 Å². The van der Waals surface area contributed by atoms with Crippen molar-refractivity contribution in [3.63, 3.8) is 0 Å². The highest BCUT2D eigenvalue weighted by atomic mass is 16.5. The van der Waals surface area contributed by atoms with Crippen LogP contribution in [0.4, 0.5) is 11.6 Å². The number of likely N-dealkylation sites (N-methyl/N-ethyl adjacent to an activating group) is 2. The van der Waals surface area contributed by atoms with Crippen LogP contribution < -0.4 is 20.9 Å². The molecule has 4 heterocycles. The first-order chi connectivity index (χ1) is 37.3. The highest BCUT2D eigenvalue weighted by molar-refractivity contribution is 6.03. The number of aromatic nitrogens is 6. The second-order valence-electron chi connectivity index (χ2n) is 17.4. The fraction of sp³-hybridized carbons (Fsp3) is 0.0833. The van der Waals surface area contributed by atoms with Gasteiger partial charge in [-0.2, -0.15) is 0 Å². The Morgan fingerprint density at radius 3 is 1.42 bits per heavy atom. The van der Waals surface area contributed by atoms with Gasteiger partial charge in [0, 0.05) is 68.6 Å². The first-order valence-electron chi connectivity index (χ1n) is 23.8. The maximum Gasteiger partial charge on any atom is 0.302 e. The van der Waals surface area contributed by atoms with Crippen LogP contribution in [0.5, 0.6) is 23.0 Å². The van der Waals surface area contributed by atoms with Crippen molar-refractivity contribution in [1.82, 2.24) is 38.9 Å². The van der Waals surface area contributed by atoms with Gasteiger partial charge < -0.3 is 44.7 Å². The largest absolute Gasteiger partial charge is 0.457 e. The van der Waals surface area contributed by atoms with Crippen LogP contribution in [0.25, 0.3) is 71.5 Å². The molecule has 2 amide bonds. The minimum Gasteiger partial charge on any atom is -0.457 e. The zero-order chi connectivity index (χ0) is 54.4. The SMILES string of the molecule is Nc1ncnc2c1c(-c1ccc(Oc3ccccc3)cc1)cn2-c1cccc(C=O)c1.[C-]#[N+]/C(=C\c1cccc(-n2cc(-c3ccc(Oc4ccccc4)cc3)c3c(N)ncnc32)c1)C(=O)N(C)C.[C-]#[N+]CC(=O)N(C)C. The molecule has 17 heteroatoms. The lowest BCUT2D eigenvalue weighted by atomic mass is 10.1. The number of nitrogens with two attached hydrogens (primary N) is 2. The number of nitrogen functional groups attached to an aromatic ring is 2. The van der Waals surface area contributed by atoms with E-state index in [2.05, 4.69) is 29.6 Å². The van der Waals surface area contributed by atoms with Crippen molar-refractivity contribution < 1.29 is 23.9 Å². The Kier molecular flexibility index (Phi) is 16.5. The molecule has 4 N–H and O–H groups in total. The number of carbonyl (C=O) groups is 3. The van der Waals surface area contributed by atoms with Gasteiger partial charge in [-0.05, 0) is 95.6 Å². The molecule has 0 saturated heterocycles. The standard InChI is InChI=1S/C30H24N6O2.C25H18N4O2.C5H8N2O/c1-32-26(30(37)35(2)3)17-20-8-7-9-22(16-20)36-18-25(27-28(31)33-19-34-29(27)36)21-12-14-24(15-13-21)38-23-10-5-4-6-11-23;26-24-23-22(18-9-11-21(12-10-18)31-20-7-2-1-3-8-20)14-29(25(23)28-16-27-24)19-6-4-5-17(13-19)15-30;1-6-4-5(8)7(2)3/h4-19H,2-3H3,(H2,31,33,34);1-16H,(H2,26,27,28);4H2,2-3H3/b26-17-;;. The van der Waals surface area contributed by atoms with Gasteiger partial charge in [-0.15, -0.1) is 0 Å². The van der Waals surface area contributed by atoms with Gasteiger partial charge in [-0.25, -0.2) is 31.4 Å². The lowest BCUT2D eigenvalue weighted by Gasteiger charge is -2.09. The Morgan fingerprint density at radius 2 is 1.01 bits per heavy atom. The summed E-state index contributed by atoms with van der Waals surface area (Å²) in [6.07, 6.45) is 9.22. The summed E-state index contributed by atoms with van der Waals surface area (Å²) in [5.74, 6) is 3.28. The van der Waals surface area contributed by atoms with Crippen LogP contribution in [0.3, 0.4) is 0 Å². The van der Waals surface area contributed by atoms with Crippen LogP contribution in [0.1, 0.15) is 15.9 Å². The predicted octanol–water partition coefficient (Wildman–Crippen LogP) is 11.1. The number of carbonyl (C=O) groups excluding carboxylic acids is 3. The van der Waals surface area contributed by atoms with Crippen molar-refractivity contribution in [2.75, 3.05) is 46.2 Å². The zero-order valence-corrected chi connectivity index (χ0v) is 42.4. The Hall–Kier alpha value is -10.9. The molecule has 0 fully saturated rings. The van der Waals surface area contributed by atoms with E-state index < -0.39 is 0 Å². The van der Waals surface area contributed by atoms with Crippen molar-refractivity contribution in [2.45, 2.75) is 0 Å². The van der Waals surface area contributed by atoms with E-state index in [1.165, 1.54) is 22.5 Å². The summed E-state index contributed by atoms with van der Waals surface area (Å²) in [5.41, 5.74) is 20.5. The molecule has 6 aromatic carbocycles. The summed E-state index contributed by atoms with van der Waals surface area (Å²) < 4.78 is 15.7. The number of aldehydes is 1. The second-order valence-corrected chi connectivity index (χ2v) is 17.4. The number of nitrogens with zero attached hydrogens (tertiary/aromatic N) is 10. The summed E-state index contributed by atoms with van der Waals surface area (Å²) in [6.45, 7) is 13.7. The number of ether oxygens (including phenoxy) is 2. The van der Waals surface area contributed by atoms with Gasteiger partial charge in [0.1, 0.15) is 53.6 Å². The molecule has 0 aliphatic rings. The Labute approximate surface area is 444 Å². The minimum atomic E-state index is -0.348. The Morgan fingerprint density at radius 1 is 0.571 bits per heavy atom. The van der Waals surface area contributed by atoms with Crippen molar-refractivity contribution in [3.8, 4) is 56.6 Å². The fourth-order valence-corrected chi connectivity index (χ4v) is 7.91. The molecule has 0 aliphatic carbocycles. The number of amides is 2. The normalized spacial score (nSPS) is 10.7. The molecule has 77 heavy (non-hydrogen) atoms. The Bertz CT molecular complexity index is 3840. The summed E-state index contributed by atoms with van der Waals surface area (Å²) in [4.78, 5) is 60.5. The molecule has 0 atom stereocenters. The van der Waals surface area contributed by atoms with Crippen LogP contribution in [-0.2, 0) is 9.59 Å². The van der Waals surface area contributed by atoms with Gasteiger partial charge in [0.05, 0.1) is 17.3 Å². The average Bonchev–Trinajstić information content (AvgIpc) is 4.07. The molecular weight excluding hydrogens is 969 g/mol. The van der Waals surface area contributed by atoms with E-state index in [-0.39, 0.29) is 24.1 Å². The number of rotatable bonds is 12. The van der Waals surface area contributed by atoms with E-state index in [0.717, 1.165) is 79.2 Å². The van der Waals surface area contributed by atoms with Gasteiger partial charge in [-0.1, -0.05) is 84.9 Å². The maximum absolute atomic E-state index is 12.3. The third kappa shape index (κ3) is 12.5. The van der Waals surface area contributed by atoms with Crippen molar-refractivity contribution in [3.05, 3.63) is 222 Å². The molecule has 0 bridgehead atoms. The lowest BCUT2D eigenvalue weighted by Crippen LogP contribution is -2.23. The molecule has 0 radical (unpaired) electrons. The van der Waals surface area contributed by atoms with E-state index in [4.69, 9.17) is 34.1 Å². The second kappa shape index (κ2) is 24.2. The summed E-state index contributed by atoms with van der Waals surface area (Å²) in [5, 5.41) is 1.49. The van der Waals surface area contributed by atoms with E-state index in [1.54, 1.807) is 40.3 Å². The number of fused-ring (bicyclic) bond motifs is 2. The minimum absolute atomic E-state index is 0.0347. The molecule has 380 valence electrons. The quantitative estimate of drug-likeness (QED) is 0.0670. The monoisotopic (exact) mass is 1020 g/mol. The molecule has 0 aliphatic heterocycles. The summed E-state index contributed by atoms with van der Waals surface area (Å²) >= 11 is 0. The molecule has 0 unspecified atom stereocenters. The number of benzene rings is 6. The van der Waals surface area contributed by atoms with Crippen LogP contribution in [0.2, 0.25) is 0 Å². The topological polar surface area (TPSA) is 198 Å². The molecule has 0 spiro atoms. The highest BCUT2D eigenvalue weighted by Gasteiger charge is 2.19. The van der Waals surface area contributed by atoms with Crippen molar-refractivity contribution in [1.29, 1.82) is 0 Å². The third-order valence-electron chi connectivity index (χ3n) is 11.7. The Balaban J connectivity index is 0.000000181. The first kappa shape index (κ1) is 52.4. The number of hydrogen-bond acceptors (Lipinski definition) is 11. The summed E-state index contributed by atoms with van der Waals surface area (Å²) in [7, 11) is 6.51. The lowest BCUT2D eigenvalue weighted by molar-refractivity contribution is -0.126. The van der Waals surface area contributed by atoms with Crippen LogP contribution in [0.15, 0.2) is 188 Å². The number of hydrogen-bond donors (Lipinski definition) is 2. The van der Waals surface area contributed by atoms with E-state index in [0.29, 0.717) is 28.5 Å². The van der Waals surface area contributed by atoms with Gasteiger partial charge in [0.25, 0.3) is 18.1 Å². The molecule has 0 saturated carbocycles. The fourth-order valence-electron chi connectivity index (χ4n) is 7.91.